The molecule has 0 radical (unpaired) electrons. The SMILES string of the molecule is COc1cccc(C(C)NCC2CCCC2)c1. The quantitative estimate of drug-likeness (QED) is 0.840. The van der Waals surface area contributed by atoms with Crippen molar-refractivity contribution >= 4 is 0 Å². The van der Waals surface area contributed by atoms with Gasteiger partial charge in [0.1, 0.15) is 5.75 Å². The Bertz CT molecular complexity index is 345. The van der Waals surface area contributed by atoms with E-state index in [-0.39, 0.29) is 0 Å². The zero-order valence-electron chi connectivity index (χ0n) is 10.9. The first-order chi connectivity index (χ1) is 8.29. The fraction of sp³-hybridized carbons (Fsp3) is 0.600. The molecule has 2 rings (SSSR count). The van der Waals surface area contributed by atoms with Crippen LogP contribution in [0, 0.1) is 5.92 Å². The lowest BCUT2D eigenvalue weighted by Gasteiger charge is -2.18. The van der Waals surface area contributed by atoms with Gasteiger partial charge >= 0.3 is 0 Å². The molecule has 1 fully saturated rings. The van der Waals surface area contributed by atoms with Crippen LogP contribution in [0.25, 0.3) is 0 Å². The van der Waals surface area contributed by atoms with E-state index < -0.39 is 0 Å². The van der Waals surface area contributed by atoms with Crippen LogP contribution in [0.4, 0.5) is 0 Å². The molecule has 1 aliphatic carbocycles. The molecule has 0 spiro atoms. The minimum Gasteiger partial charge on any atom is -0.497 e. The third-order valence-corrected chi connectivity index (χ3v) is 3.78. The smallest absolute Gasteiger partial charge is 0.119 e. The van der Waals surface area contributed by atoms with E-state index >= 15 is 0 Å². The summed E-state index contributed by atoms with van der Waals surface area (Å²) in [6.45, 7) is 3.38. The summed E-state index contributed by atoms with van der Waals surface area (Å²) < 4.78 is 5.26. The molecule has 0 bridgehead atoms. The standard InChI is InChI=1S/C15H23NO/c1-12(16-11-13-6-3-4-7-13)14-8-5-9-15(10-14)17-2/h5,8-10,12-13,16H,3-4,6-7,11H2,1-2H3. The van der Waals surface area contributed by atoms with Crippen molar-refractivity contribution < 1.29 is 4.74 Å². The third-order valence-electron chi connectivity index (χ3n) is 3.78. The van der Waals surface area contributed by atoms with Crippen molar-refractivity contribution in [3.8, 4) is 5.75 Å². The Balaban J connectivity index is 1.87. The van der Waals surface area contributed by atoms with Gasteiger partial charge in [-0.3, -0.25) is 0 Å². The van der Waals surface area contributed by atoms with Crippen LogP contribution in [-0.4, -0.2) is 13.7 Å². The number of hydrogen-bond donors (Lipinski definition) is 1. The molecule has 0 amide bonds. The second-order valence-corrected chi connectivity index (χ2v) is 5.06. The molecule has 0 aromatic heterocycles. The Kier molecular flexibility index (Phi) is 4.43. The molecule has 1 atom stereocenters. The fourth-order valence-electron chi connectivity index (χ4n) is 2.59. The van der Waals surface area contributed by atoms with Gasteiger partial charge in [0.05, 0.1) is 7.11 Å². The van der Waals surface area contributed by atoms with Crippen LogP contribution in [0.15, 0.2) is 24.3 Å². The Morgan fingerprint density at radius 3 is 2.82 bits per heavy atom. The third kappa shape index (κ3) is 3.47. The molecule has 0 saturated heterocycles. The molecule has 1 aromatic rings. The number of nitrogens with one attached hydrogen (secondary N) is 1. The van der Waals surface area contributed by atoms with Gasteiger partial charge in [-0.05, 0) is 49.9 Å². The summed E-state index contributed by atoms with van der Waals surface area (Å²) in [5.41, 5.74) is 1.31. The van der Waals surface area contributed by atoms with E-state index in [0.29, 0.717) is 6.04 Å². The summed E-state index contributed by atoms with van der Waals surface area (Å²) in [5.74, 6) is 1.83. The molecular weight excluding hydrogens is 210 g/mol. The molecule has 0 heterocycles. The van der Waals surface area contributed by atoms with Gasteiger partial charge in [-0.1, -0.05) is 25.0 Å². The van der Waals surface area contributed by atoms with Crippen molar-refractivity contribution in [2.24, 2.45) is 5.92 Å². The summed E-state index contributed by atoms with van der Waals surface area (Å²) in [7, 11) is 1.72. The average molecular weight is 233 g/mol. The van der Waals surface area contributed by atoms with E-state index in [4.69, 9.17) is 4.74 Å². The van der Waals surface area contributed by atoms with Crippen LogP contribution in [0.3, 0.4) is 0 Å². The lowest BCUT2D eigenvalue weighted by Crippen LogP contribution is -2.24. The highest BCUT2D eigenvalue weighted by atomic mass is 16.5. The number of methoxy groups -OCH3 is 1. The summed E-state index contributed by atoms with van der Waals surface area (Å²) in [6, 6.07) is 8.74. The van der Waals surface area contributed by atoms with Crippen LogP contribution in [0.5, 0.6) is 5.75 Å². The summed E-state index contributed by atoms with van der Waals surface area (Å²) in [5, 5.41) is 3.64. The second-order valence-electron chi connectivity index (χ2n) is 5.06. The van der Waals surface area contributed by atoms with Crippen LogP contribution >= 0.6 is 0 Å². The molecule has 1 aromatic carbocycles. The van der Waals surface area contributed by atoms with Gasteiger partial charge in [0.15, 0.2) is 0 Å². The predicted molar refractivity (Wildman–Crippen MR) is 71.4 cm³/mol. The van der Waals surface area contributed by atoms with Crippen LogP contribution in [-0.2, 0) is 0 Å². The molecule has 1 aliphatic rings. The Labute approximate surface area is 104 Å². The lowest BCUT2D eigenvalue weighted by atomic mass is 10.1. The summed E-state index contributed by atoms with van der Waals surface area (Å²) >= 11 is 0. The first-order valence-electron chi connectivity index (χ1n) is 6.67. The van der Waals surface area contributed by atoms with E-state index in [1.807, 2.05) is 6.07 Å². The van der Waals surface area contributed by atoms with Crippen molar-refractivity contribution in [1.82, 2.24) is 5.32 Å². The van der Waals surface area contributed by atoms with E-state index in [9.17, 15) is 0 Å². The number of benzene rings is 1. The first-order valence-corrected chi connectivity index (χ1v) is 6.67. The van der Waals surface area contributed by atoms with Gasteiger partial charge in [0.25, 0.3) is 0 Å². The maximum Gasteiger partial charge on any atom is 0.119 e. The number of hydrogen-bond acceptors (Lipinski definition) is 2. The van der Waals surface area contributed by atoms with Crippen molar-refractivity contribution in [1.29, 1.82) is 0 Å². The van der Waals surface area contributed by atoms with Crippen LogP contribution in [0.1, 0.15) is 44.2 Å². The molecule has 1 unspecified atom stereocenters. The molecule has 1 saturated carbocycles. The Hall–Kier alpha value is -1.02. The summed E-state index contributed by atoms with van der Waals surface area (Å²) in [4.78, 5) is 0. The van der Waals surface area contributed by atoms with Gasteiger partial charge in [-0.15, -0.1) is 0 Å². The van der Waals surface area contributed by atoms with Gasteiger partial charge in [-0.25, -0.2) is 0 Å². The van der Waals surface area contributed by atoms with E-state index in [2.05, 4.69) is 30.4 Å². The van der Waals surface area contributed by atoms with Crippen molar-refractivity contribution in [3.05, 3.63) is 29.8 Å². The normalized spacial score (nSPS) is 18.2. The first kappa shape index (κ1) is 12.4. The highest BCUT2D eigenvalue weighted by Gasteiger charge is 2.15. The Morgan fingerprint density at radius 2 is 2.12 bits per heavy atom. The topological polar surface area (TPSA) is 21.3 Å². The maximum absolute atomic E-state index is 5.26. The molecular formula is C15H23NO. The fourth-order valence-corrected chi connectivity index (χ4v) is 2.59. The minimum atomic E-state index is 0.408. The summed E-state index contributed by atoms with van der Waals surface area (Å²) in [6.07, 6.45) is 5.63. The number of ether oxygens (including phenoxy) is 1. The van der Waals surface area contributed by atoms with Crippen LogP contribution in [0.2, 0.25) is 0 Å². The van der Waals surface area contributed by atoms with Gasteiger partial charge in [0, 0.05) is 6.04 Å². The highest BCUT2D eigenvalue weighted by Crippen LogP contribution is 2.25. The molecule has 2 nitrogen and oxygen atoms in total. The minimum absolute atomic E-state index is 0.408. The average Bonchev–Trinajstić information content (AvgIpc) is 2.89. The zero-order chi connectivity index (χ0) is 12.1. The van der Waals surface area contributed by atoms with Crippen LogP contribution < -0.4 is 10.1 Å². The molecule has 94 valence electrons. The van der Waals surface area contributed by atoms with E-state index in [1.54, 1.807) is 7.11 Å². The Morgan fingerprint density at radius 1 is 1.35 bits per heavy atom. The monoisotopic (exact) mass is 233 g/mol. The molecule has 17 heavy (non-hydrogen) atoms. The molecule has 2 heteroatoms. The zero-order valence-corrected chi connectivity index (χ0v) is 10.9. The van der Waals surface area contributed by atoms with Crippen molar-refractivity contribution in [3.63, 3.8) is 0 Å². The van der Waals surface area contributed by atoms with Gasteiger partial charge in [-0.2, -0.15) is 0 Å². The second kappa shape index (κ2) is 6.06. The van der Waals surface area contributed by atoms with Gasteiger partial charge in [0.2, 0.25) is 0 Å². The largest absolute Gasteiger partial charge is 0.497 e. The van der Waals surface area contributed by atoms with Crippen molar-refractivity contribution in [2.75, 3.05) is 13.7 Å². The highest BCUT2D eigenvalue weighted by molar-refractivity contribution is 5.30. The number of rotatable bonds is 5. The van der Waals surface area contributed by atoms with Gasteiger partial charge < -0.3 is 10.1 Å². The van der Waals surface area contributed by atoms with E-state index in [0.717, 1.165) is 18.2 Å². The molecule has 0 aliphatic heterocycles. The lowest BCUT2D eigenvalue weighted by molar-refractivity contribution is 0.412. The predicted octanol–water partition coefficient (Wildman–Crippen LogP) is 3.54. The maximum atomic E-state index is 5.26. The van der Waals surface area contributed by atoms with E-state index in [1.165, 1.54) is 31.2 Å². The van der Waals surface area contributed by atoms with Crippen molar-refractivity contribution in [2.45, 2.75) is 38.6 Å². The molecule has 1 N–H and O–H groups in total.